The van der Waals surface area contributed by atoms with Crippen LogP contribution in [0.5, 0.6) is 0 Å². The summed E-state index contributed by atoms with van der Waals surface area (Å²) < 4.78 is 50.1. The number of sulfonamides is 1. The number of hydrogen-bond acceptors (Lipinski definition) is 5. The highest BCUT2D eigenvalue weighted by Gasteiger charge is 2.30. The Morgan fingerprint density at radius 3 is 2.58 bits per heavy atom. The number of thiophene rings is 1. The first-order valence-corrected chi connectivity index (χ1v) is 7.25. The quantitative estimate of drug-likeness (QED) is 0.670. The predicted molar refractivity (Wildman–Crippen MR) is 62.9 cm³/mol. The van der Waals surface area contributed by atoms with Crippen LogP contribution in [0.2, 0.25) is 0 Å². The number of halogens is 2. The Morgan fingerprint density at radius 1 is 1.42 bits per heavy atom. The summed E-state index contributed by atoms with van der Waals surface area (Å²) >= 11 is 0.688. The van der Waals surface area contributed by atoms with E-state index >= 15 is 0 Å². The topological polar surface area (TPSA) is 104 Å². The minimum absolute atomic E-state index is 0.252. The number of carbonyl (C=O) groups is 1. The Balaban J connectivity index is 2.78. The third kappa shape index (κ3) is 4.82. The van der Waals surface area contributed by atoms with Crippen LogP contribution >= 0.6 is 11.3 Å². The number of aliphatic hydroxyl groups is 1. The first-order valence-electron chi connectivity index (χ1n) is 4.95. The molecule has 0 bridgehead atoms. The van der Waals surface area contributed by atoms with Gasteiger partial charge in [0, 0.05) is 4.88 Å². The summed E-state index contributed by atoms with van der Waals surface area (Å²) in [5.74, 6) is -4.67. The van der Waals surface area contributed by atoms with Crippen molar-refractivity contribution in [3.05, 3.63) is 17.0 Å². The Kier molecular flexibility index (Phi) is 4.96. The predicted octanol–water partition coefficient (Wildman–Crippen LogP) is 0.281. The second-order valence-electron chi connectivity index (χ2n) is 3.63. The molecule has 0 spiro atoms. The van der Waals surface area contributed by atoms with Crippen LogP contribution in [0.25, 0.3) is 0 Å². The zero-order valence-electron chi connectivity index (χ0n) is 9.47. The van der Waals surface area contributed by atoms with Crippen molar-refractivity contribution in [3.63, 3.8) is 0 Å². The summed E-state index contributed by atoms with van der Waals surface area (Å²) in [6, 6.07) is 2.44. The molecule has 3 N–H and O–H groups in total. The number of hydrogen-bond donors (Lipinski definition) is 3. The van der Waals surface area contributed by atoms with Crippen LogP contribution in [-0.4, -0.2) is 43.7 Å². The molecular weight excluding hydrogens is 304 g/mol. The van der Waals surface area contributed by atoms with Gasteiger partial charge in [0.05, 0.1) is 13.0 Å². The van der Waals surface area contributed by atoms with Crippen LogP contribution < -0.4 is 4.72 Å². The van der Waals surface area contributed by atoms with Crippen molar-refractivity contribution < 1.29 is 32.2 Å². The van der Waals surface area contributed by atoms with Gasteiger partial charge in [0.1, 0.15) is 10.8 Å². The highest BCUT2D eigenvalue weighted by atomic mass is 32.2. The van der Waals surface area contributed by atoms with Gasteiger partial charge in [-0.05, 0) is 12.1 Å². The fourth-order valence-corrected chi connectivity index (χ4v) is 3.53. The van der Waals surface area contributed by atoms with Crippen molar-refractivity contribution in [2.24, 2.45) is 0 Å². The van der Waals surface area contributed by atoms with Gasteiger partial charge < -0.3 is 10.2 Å². The van der Waals surface area contributed by atoms with Gasteiger partial charge in [-0.3, -0.25) is 4.79 Å². The molecule has 0 aromatic carbocycles. The minimum Gasteiger partial charge on any atom is -0.481 e. The number of carboxylic acids is 1. The van der Waals surface area contributed by atoms with Gasteiger partial charge in [0.2, 0.25) is 10.0 Å². The van der Waals surface area contributed by atoms with Crippen molar-refractivity contribution in [2.75, 3.05) is 13.2 Å². The molecule has 0 aliphatic rings. The summed E-state index contributed by atoms with van der Waals surface area (Å²) in [5.41, 5.74) is 0. The molecule has 0 radical (unpaired) electrons. The number of nitrogens with one attached hydrogen (secondary N) is 1. The second kappa shape index (κ2) is 5.90. The molecule has 0 aliphatic carbocycles. The summed E-state index contributed by atoms with van der Waals surface area (Å²) in [5, 5.41) is 16.9. The Labute approximate surface area is 111 Å². The third-order valence-electron chi connectivity index (χ3n) is 1.98. The lowest BCUT2D eigenvalue weighted by atomic mass is 10.3. The maximum atomic E-state index is 12.7. The zero-order chi connectivity index (χ0) is 14.7. The first kappa shape index (κ1) is 16.0. The second-order valence-corrected chi connectivity index (χ2v) is 6.79. The highest BCUT2D eigenvalue weighted by Crippen LogP contribution is 2.22. The van der Waals surface area contributed by atoms with E-state index in [2.05, 4.69) is 0 Å². The molecule has 0 aliphatic heterocycles. The van der Waals surface area contributed by atoms with Gasteiger partial charge >= 0.3 is 5.97 Å². The van der Waals surface area contributed by atoms with E-state index in [-0.39, 0.29) is 10.6 Å². The fraction of sp³-hybridized carbons (Fsp3) is 0.444. The highest BCUT2D eigenvalue weighted by molar-refractivity contribution is 7.91. The van der Waals surface area contributed by atoms with Gasteiger partial charge in [0.25, 0.3) is 5.92 Å². The standard InChI is InChI=1S/C9H11F2NO5S2/c10-9(11,5-13)4-12-19(16,17)8-2-1-6(18-8)3-7(14)15/h1-2,12-13H,3-5H2,(H,14,15). The molecule has 1 heterocycles. The first-order chi connectivity index (χ1) is 8.66. The number of alkyl halides is 2. The molecule has 0 saturated heterocycles. The molecule has 19 heavy (non-hydrogen) atoms. The SMILES string of the molecule is O=C(O)Cc1ccc(S(=O)(=O)NCC(F)(F)CO)s1. The van der Waals surface area contributed by atoms with E-state index in [9.17, 15) is 22.0 Å². The van der Waals surface area contributed by atoms with Crippen LogP contribution in [0, 0.1) is 0 Å². The normalized spacial score (nSPS) is 12.6. The smallest absolute Gasteiger partial charge is 0.308 e. The maximum Gasteiger partial charge on any atom is 0.308 e. The number of rotatable bonds is 7. The van der Waals surface area contributed by atoms with E-state index in [0.717, 1.165) is 6.07 Å². The molecule has 1 rings (SSSR count). The minimum atomic E-state index is -4.13. The Morgan fingerprint density at radius 2 is 2.05 bits per heavy atom. The van der Waals surface area contributed by atoms with E-state index in [1.807, 2.05) is 0 Å². The van der Waals surface area contributed by atoms with E-state index in [1.54, 1.807) is 4.72 Å². The summed E-state index contributed by atoms with van der Waals surface area (Å²) in [6.07, 6.45) is -0.340. The molecule has 108 valence electrons. The number of aliphatic hydroxyl groups excluding tert-OH is 1. The molecule has 6 nitrogen and oxygen atoms in total. The third-order valence-corrected chi connectivity index (χ3v) is 4.96. The summed E-state index contributed by atoms with van der Waals surface area (Å²) in [6.45, 7) is -2.69. The summed E-state index contributed by atoms with van der Waals surface area (Å²) in [7, 11) is -4.13. The lowest BCUT2D eigenvalue weighted by Crippen LogP contribution is -2.38. The van der Waals surface area contributed by atoms with Crippen LogP contribution in [0.1, 0.15) is 4.88 Å². The molecule has 0 fully saturated rings. The van der Waals surface area contributed by atoms with Crippen LogP contribution in [-0.2, 0) is 21.2 Å². The number of carboxylic acid groups (broad SMARTS) is 1. The molecule has 0 saturated carbocycles. The van der Waals surface area contributed by atoms with Crippen molar-refractivity contribution >= 4 is 27.3 Å². The van der Waals surface area contributed by atoms with Crippen molar-refractivity contribution in [3.8, 4) is 0 Å². The largest absolute Gasteiger partial charge is 0.481 e. The van der Waals surface area contributed by atoms with Crippen molar-refractivity contribution in [1.29, 1.82) is 0 Å². The van der Waals surface area contributed by atoms with E-state index in [4.69, 9.17) is 10.2 Å². The van der Waals surface area contributed by atoms with Crippen LogP contribution in [0.3, 0.4) is 0 Å². The molecular formula is C9H11F2NO5S2. The van der Waals surface area contributed by atoms with Gasteiger partial charge in [-0.2, -0.15) is 0 Å². The Hall–Kier alpha value is -1.10. The molecule has 1 aromatic rings. The van der Waals surface area contributed by atoms with Crippen LogP contribution in [0.4, 0.5) is 8.78 Å². The van der Waals surface area contributed by atoms with Gasteiger partial charge in [-0.15, -0.1) is 11.3 Å². The lowest BCUT2D eigenvalue weighted by molar-refractivity contribution is -0.136. The van der Waals surface area contributed by atoms with Crippen LogP contribution in [0.15, 0.2) is 16.3 Å². The average Bonchev–Trinajstić information content (AvgIpc) is 2.75. The molecule has 0 amide bonds. The lowest BCUT2D eigenvalue weighted by Gasteiger charge is -2.13. The molecule has 0 atom stereocenters. The number of aliphatic carboxylic acids is 1. The van der Waals surface area contributed by atoms with Gasteiger partial charge in [-0.25, -0.2) is 21.9 Å². The van der Waals surface area contributed by atoms with Crippen molar-refractivity contribution in [2.45, 2.75) is 16.6 Å². The molecule has 1 aromatic heterocycles. The van der Waals surface area contributed by atoms with Crippen molar-refractivity contribution in [1.82, 2.24) is 4.72 Å². The van der Waals surface area contributed by atoms with E-state index in [0.29, 0.717) is 16.2 Å². The van der Waals surface area contributed by atoms with Gasteiger partial charge in [0.15, 0.2) is 0 Å². The van der Waals surface area contributed by atoms with E-state index in [1.165, 1.54) is 6.07 Å². The average molecular weight is 315 g/mol. The monoisotopic (exact) mass is 315 g/mol. The zero-order valence-corrected chi connectivity index (χ0v) is 11.1. The summed E-state index contributed by atoms with van der Waals surface area (Å²) in [4.78, 5) is 10.7. The van der Waals surface area contributed by atoms with Gasteiger partial charge in [-0.1, -0.05) is 0 Å². The Bertz CT molecular complexity index is 555. The molecule has 10 heteroatoms. The molecule has 0 unspecified atom stereocenters. The fourth-order valence-electron chi connectivity index (χ4n) is 1.07. The van der Waals surface area contributed by atoms with E-state index < -0.39 is 35.1 Å². The maximum absolute atomic E-state index is 12.7.